The van der Waals surface area contributed by atoms with Gasteiger partial charge in [-0.05, 0) is 38.8 Å². The Morgan fingerprint density at radius 1 is 1.52 bits per heavy atom. The molecule has 6 heteroatoms. The smallest absolute Gasteiger partial charge is 0.274 e. The second-order valence-electron chi connectivity index (χ2n) is 5.59. The van der Waals surface area contributed by atoms with Gasteiger partial charge in [0.15, 0.2) is 5.69 Å². The van der Waals surface area contributed by atoms with Crippen LogP contribution in [0.1, 0.15) is 47.6 Å². The van der Waals surface area contributed by atoms with Crippen LogP contribution in [0, 0.1) is 6.92 Å². The SMILES string of the molecule is CCn1nc(C(=O)N2CCCC(c3ccn[nH]3)C2)cc1C. The fraction of sp³-hybridized carbons (Fsp3) is 0.533. The van der Waals surface area contributed by atoms with Gasteiger partial charge in [0, 0.05) is 43.1 Å². The highest BCUT2D eigenvalue weighted by molar-refractivity contribution is 5.92. The maximum absolute atomic E-state index is 12.6. The second kappa shape index (κ2) is 5.71. The molecule has 3 rings (SSSR count). The van der Waals surface area contributed by atoms with Crippen molar-refractivity contribution < 1.29 is 4.79 Å². The number of amides is 1. The van der Waals surface area contributed by atoms with Crippen LogP contribution < -0.4 is 0 Å². The number of rotatable bonds is 3. The summed E-state index contributed by atoms with van der Waals surface area (Å²) in [5, 5.41) is 11.4. The van der Waals surface area contributed by atoms with Gasteiger partial charge in [0.1, 0.15) is 0 Å². The molecule has 112 valence electrons. The van der Waals surface area contributed by atoms with Crippen molar-refractivity contribution in [3.8, 4) is 0 Å². The summed E-state index contributed by atoms with van der Waals surface area (Å²) in [6.45, 7) is 6.34. The fourth-order valence-electron chi connectivity index (χ4n) is 3.01. The number of carbonyl (C=O) groups is 1. The molecule has 1 aliphatic rings. The predicted molar refractivity (Wildman–Crippen MR) is 79.1 cm³/mol. The van der Waals surface area contributed by atoms with Crippen molar-refractivity contribution in [2.24, 2.45) is 0 Å². The van der Waals surface area contributed by atoms with Crippen molar-refractivity contribution in [3.05, 3.63) is 35.4 Å². The van der Waals surface area contributed by atoms with Gasteiger partial charge in [-0.15, -0.1) is 0 Å². The Hall–Kier alpha value is -2.11. The maximum Gasteiger partial charge on any atom is 0.274 e. The highest BCUT2D eigenvalue weighted by Crippen LogP contribution is 2.26. The fourth-order valence-corrected chi connectivity index (χ4v) is 3.01. The number of hydrogen-bond donors (Lipinski definition) is 1. The zero-order valence-corrected chi connectivity index (χ0v) is 12.5. The van der Waals surface area contributed by atoms with E-state index in [2.05, 4.69) is 15.3 Å². The topological polar surface area (TPSA) is 66.8 Å². The Kier molecular flexibility index (Phi) is 3.77. The van der Waals surface area contributed by atoms with Crippen molar-refractivity contribution in [1.29, 1.82) is 0 Å². The number of nitrogens with one attached hydrogen (secondary N) is 1. The molecule has 1 saturated heterocycles. The first-order chi connectivity index (χ1) is 10.2. The molecule has 3 heterocycles. The number of aromatic nitrogens is 4. The van der Waals surface area contributed by atoms with Crippen LogP contribution in [-0.2, 0) is 6.54 Å². The third-order valence-electron chi connectivity index (χ3n) is 4.17. The minimum atomic E-state index is 0.0366. The number of hydrogen-bond acceptors (Lipinski definition) is 3. The molecule has 1 fully saturated rings. The molecule has 0 aliphatic carbocycles. The molecule has 2 aromatic rings. The standard InChI is InChI=1S/C15H21N5O/c1-3-20-11(2)9-14(18-20)15(21)19-8-4-5-12(10-19)13-6-7-16-17-13/h6-7,9,12H,3-5,8,10H2,1-2H3,(H,16,17). The van der Waals surface area contributed by atoms with Crippen LogP contribution in [-0.4, -0.2) is 43.9 Å². The highest BCUT2D eigenvalue weighted by atomic mass is 16.2. The molecule has 2 aromatic heterocycles. The van der Waals surface area contributed by atoms with Crippen molar-refractivity contribution in [2.75, 3.05) is 13.1 Å². The molecular weight excluding hydrogens is 266 g/mol. The summed E-state index contributed by atoms with van der Waals surface area (Å²) >= 11 is 0. The molecule has 1 amide bonds. The van der Waals surface area contributed by atoms with Crippen LogP contribution in [0.25, 0.3) is 0 Å². The van der Waals surface area contributed by atoms with Crippen LogP contribution in [0.2, 0.25) is 0 Å². The van der Waals surface area contributed by atoms with E-state index in [0.29, 0.717) is 11.6 Å². The lowest BCUT2D eigenvalue weighted by Crippen LogP contribution is -2.39. The Morgan fingerprint density at radius 2 is 2.38 bits per heavy atom. The average Bonchev–Trinajstić information content (AvgIpc) is 3.16. The van der Waals surface area contributed by atoms with Crippen LogP contribution in [0.3, 0.4) is 0 Å². The molecule has 6 nitrogen and oxygen atoms in total. The Morgan fingerprint density at radius 3 is 3.05 bits per heavy atom. The third kappa shape index (κ3) is 2.70. The van der Waals surface area contributed by atoms with Gasteiger partial charge >= 0.3 is 0 Å². The summed E-state index contributed by atoms with van der Waals surface area (Å²) in [7, 11) is 0. The predicted octanol–water partition coefficient (Wildman–Crippen LogP) is 1.95. The van der Waals surface area contributed by atoms with Gasteiger partial charge in [-0.3, -0.25) is 14.6 Å². The second-order valence-corrected chi connectivity index (χ2v) is 5.59. The van der Waals surface area contributed by atoms with E-state index in [-0.39, 0.29) is 5.91 Å². The molecule has 0 radical (unpaired) electrons. The van der Waals surface area contributed by atoms with Crippen LogP contribution in [0.4, 0.5) is 0 Å². The summed E-state index contributed by atoms with van der Waals surface area (Å²) in [5.41, 5.74) is 2.70. The number of aryl methyl sites for hydroxylation is 2. The number of H-pyrrole nitrogens is 1. The zero-order valence-electron chi connectivity index (χ0n) is 12.5. The molecular formula is C15H21N5O. The first-order valence-corrected chi connectivity index (χ1v) is 7.52. The van der Waals surface area contributed by atoms with Gasteiger partial charge in [0.25, 0.3) is 5.91 Å². The molecule has 1 N–H and O–H groups in total. The van der Waals surface area contributed by atoms with Crippen molar-refractivity contribution >= 4 is 5.91 Å². The van der Waals surface area contributed by atoms with Gasteiger partial charge < -0.3 is 4.90 Å². The van der Waals surface area contributed by atoms with E-state index in [1.54, 1.807) is 6.20 Å². The van der Waals surface area contributed by atoms with E-state index in [9.17, 15) is 4.79 Å². The first-order valence-electron chi connectivity index (χ1n) is 7.52. The maximum atomic E-state index is 12.6. The van der Waals surface area contributed by atoms with Crippen LogP contribution in [0.5, 0.6) is 0 Å². The minimum absolute atomic E-state index is 0.0366. The monoisotopic (exact) mass is 287 g/mol. The lowest BCUT2D eigenvalue weighted by Gasteiger charge is -2.31. The first kappa shape index (κ1) is 13.9. The zero-order chi connectivity index (χ0) is 14.8. The van der Waals surface area contributed by atoms with Gasteiger partial charge in [0.2, 0.25) is 0 Å². The Balaban J connectivity index is 1.74. The Labute approximate surface area is 124 Å². The molecule has 0 saturated carbocycles. The van der Waals surface area contributed by atoms with E-state index < -0.39 is 0 Å². The minimum Gasteiger partial charge on any atom is -0.337 e. The number of aromatic amines is 1. The average molecular weight is 287 g/mol. The van der Waals surface area contributed by atoms with E-state index >= 15 is 0 Å². The van der Waals surface area contributed by atoms with E-state index in [0.717, 1.165) is 43.9 Å². The molecule has 1 unspecified atom stereocenters. The van der Waals surface area contributed by atoms with Gasteiger partial charge in [-0.2, -0.15) is 10.2 Å². The summed E-state index contributed by atoms with van der Waals surface area (Å²) in [5.74, 6) is 0.383. The summed E-state index contributed by atoms with van der Waals surface area (Å²) in [6.07, 6.45) is 3.87. The highest BCUT2D eigenvalue weighted by Gasteiger charge is 2.27. The molecule has 1 aliphatic heterocycles. The van der Waals surface area contributed by atoms with Crippen molar-refractivity contribution in [3.63, 3.8) is 0 Å². The van der Waals surface area contributed by atoms with Gasteiger partial charge in [0.05, 0.1) is 0 Å². The summed E-state index contributed by atoms with van der Waals surface area (Å²) in [6, 6.07) is 3.88. The van der Waals surface area contributed by atoms with Gasteiger partial charge in [-0.1, -0.05) is 0 Å². The number of likely N-dealkylation sites (tertiary alicyclic amines) is 1. The van der Waals surface area contributed by atoms with E-state index in [1.165, 1.54) is 0 Å². The van der Waals surface area contributed by atoms with Gasteiger partial charge in [-0.25, -0.2) is 0 Å². The van der Waals surface area contributed by atoms with Crippen molar-refractivity contribution in [2.45, 2.75) is 39.2 Å². The number of carbonyl (C=O) groups excluding carboxylic acids is 1. The largest absolute Gasteiger partial charge is 0.337 e. The third-order valence-corrected chi connectivity index (χ3v) is 4.17. The molecule has 0 bridgehead atoms. The lowest BCUT2D eigenvalue weighted by atomic mass is 9.95. The van der Waals surface area contributed by atoms with E-state index in [4.69, 9.17) is 0 Å². The Bertz CT molecular complexity index is 616. The summed E-state index contributed by atoms with van der Waals surface area (Å²) < 4.78 is 1.86. The summed E-state index contributed by atoms with van der Waals surface area (Å²) in [4.78, 5) is 14.5. The molecule has 1 atom stereocenters. The lowest BCUT2D eigenvalue weighted by molar-refractivity contribution is 0.0699. The van der Waals surface area contributed by atoms with Crippen molar-refractivity contribution in [1.82, 2.24) is 24.9 Å². The van der Waals surface area contributed by atoms with E-state index in [1.807, 2.05) is 35.6 Å². The van der Waals surface area contributed by atoms with Crippen LogP contribution >= 0.6 is 0 Å². The molecule has 0 aromatic carbocycles. The molecule has 21 heavy (non-hydrogen) atoms. The number of piperidine rings is 1. The normalized spacial score (nSPS) is 19.0. The quantitative estimate of drug-likeness (QED) is 0.938. The molecule has 0 spiro atoms. The number of nitrogens with zero attached hydrogens (tertiary/aromatic N) is 4. The van der Waals surface area contributed by atoms with Crippen LogP contribution in [0.15, 0.2) is 18.3 Å².